The van der Waals surface area contributed by atoms with Gasteiger partial charge in [0.05, 0.1) is 13.0 Å². The number of hydrogen-bond acceptors (Lipinski definition) is 3. The smallest absolute Gasteiger partial charge is 0.308 e. The molecule has 3 nitrogen and oxygen atoms in total. The molecule has 0 aliphatic carbocycles. The minimum absolute atomic E-state index is 0.0477. The molecule has 0 aliphatic heterocycles. The van der Waals surface area contributed by atoms with E-state index in [-0.39, 0.29) is 11.9 Å². The van der Waals surface area contributed by atoms with Crippen molar-refractivity contribution in [1.82, 2.24) is 5.32 Å². The molecule has 1 N–H and O–H groups in total. The highest BCUT2D eigenvalue weighted by Crippen LogP contribution is 2.08. The fourth-order valence-corrected chi connectivity index (χ4v) is 1.70. The minimum atomic E-state index is -0.139. The fraction of sp³-hybridized carbons (Fsp3) is 0.750. The van der Waals surface area contributed by atoms with E-state index in [1.165, 1.54) is 7.11 Å². The molecule has 0 spiro atoms. The molecule has 3 unspecified atom stereocenters. The second-order valence-corrected chi connectivity index (χ2v) is 4.15. The molecule has 0 amide bonds. The summed E-state index contributed by atoms with van der Waals surface area (Å²) in [5.74, 6) is -0.187. The van der Waals surface area contributed by atoms with Crippen LogP contribution in [0.3, 0.4) is 0 Å². The summed E-state index contributed by atoms with van der Waals surface area (Å²) in [6.07, 6.45) is 3.64. The first-order chi connectivity index (χ1) is 7.01. The molecule has 0 radical (unpaired) electrons. The number of hydrogen-bond donors (Lipinski definition) is 1. The van der Waals surface area contributed by atoms with Crippen molar-refractivity contribution >= 4 is 5.97 Å². The summed E-state index contributed by atoms with van der Waals surface area (Å²) in [4.78, 5) is 11.2. The zero-order chi connectivity index (χ0) is 11.8. The SMILES string of the molecule is C=CCC(C)NC(C)CC(C)C(=O)OC. The third-order valence-corrected chi connectivity index (χ3v) is 2.40. The number of rotatable bonds is 7. The Morgan fingerprint density at radius 3 is 2.47 bits per heavy atom. The van der Waals surface area contributed by atoms with Gasteiger partial charge >= 0.3 is 5.97 Å². The molecule has 0 saturated heterocycles. The van der Waals surface area contributed by atoms with Crippen LogP contribution in [0.2, 0.25) is 0 Å². The van der Waals surface area contributed by atoms with Crippen molar-refractivity contribution in [3.63, 3.8) is 0 Å². The minimum Gasteiger partial charge on any atom is -0.469 e. The largest absolute Gasteiger partial charge is 0.469 e. The van der Waals surface area contributed by atoms with E-state index >= 15 is 0 Å². The van der Waals surface area contributed by atoms with Gasteiger partial charge in [0, 0.05) is 12.1 Å². The van der Waals surface area contributed by atoms with Gasteiger partial charge in [-0.25, -0.2) is 0 Å². The first kappa shape index (κ1) is 14.2. The van der Waals surface area contributed by atoms with Gasteiger partial charge < -0.3 is 10.1 Å². The van der Waals surface area contributed by atoms with Gasteiger partial charge in [0.2, 0.25) is 0 Å². The zero-order valence-electron chi connectivity index (χ0n) is 10.2. The Hall–Kier alpha value is -0.830. The van der Waals surface area contributed by atoms with E-state index in [1.807, 2.05) is 13.0 Å². The lowest BCUT2D eigenvalue weighted by molar-refractivity contribution is -0.145. The van der Waals surface area contributed by atoms with Crippen LogP contribution in [0.5, 0.6) is 0 Å². The maximum atomic E-state index is 11.2. The highest BCUT2D eigenvalue weighted by Gasteiger charge is 2.17. The van der Waals surface area contributed by atoms with Crippen molar-refractivity contribution in [3.05, 3.63) is 12.7 Å². The van der Waals surface area contributed by atoms with E-state index in [0.29, 0.717) is 12.1 Å². The van der Waals surface area contributed by atoms with Crippen molar-refractivity contribution in [2.45, 2.75) is 45.7 Å². The van der Waals surface area contributed by atoms with E-state index in [4.69, 9.17) is 0 Å². The zero-order valence-corrected chi connectivity index (χ0v) is 10.2. The lowest BCUT2D eigenvalue weighted by Crippen LogP contribution is -2.36. The molecular formula is C12H23NO2. The highest BCUT2D eigenvalue weighted by atomic mass is 16.5. The normalized spacial score (nSPS) is 16.5. The second-order valence-electron chi connectivity index (χ2n) is 4.15. The Morgan fingerprint density at radius 2 is 2.00 bits per heavy atom. The first-order valence-electron chi connectivity index (χ1n) is 5.46. The maximum absolute atomic E-state index is 11.2. The first-order valence-corrected chi connectivity index (χ1v) is 5.46. The Balaban J connectivity index is 3.86. The molecule has 0 aromatic rings. The van der Waals surface area contributed by atoms with Gasteiger partial charge in [-0.1, -0.05) is 13.0 Å². The third kappa shape index (κ3) is 6.28. The summed E-state index contributed by atoms with van der Waals surface area (Å²) >= 11 is 0. The van der Waals surface area contributed by atoms with E-state index in [0.717, 1.165) is 12.8 Å². The van der Waals surface area contributed by atoms with Gasteiger partial charge in [-0.05, 0) is 26.7 Å². The van der Waals surface area contributed by atoms with E-state index in [2.05, 4.69) is 30.5 Å². The second kappa shape index (κ2) is 7.46. The number of nitrogens with one attached hydrogen (secondary N) is 1. The standard InChI is InChI=1S/C12H23NO2/c1-6-7-10(3)13-11(4)8-9(2)12(14)15-5/h6,9-11,13H,1,7-8H2,2-5H3. The molecule has 0 aromatic carbocycles. The summed E-state index contributed by atoms with van der Waals surface area (Å²) in [6, 6.07) is 0.719. The van der Waals surface area contributed by atoms with Crippen molar-refractivity contribution in [3.8, 4) is 0 Å². The number of esters is 1. The summed E-state index contributed by atoms with van der Waals surface area (Å²) in [5, 5.41) is 3.41. The van der Waals surface area contributed by atoms with Crippen molar-refractivity contribution in [2.75, 3.05) is 7.11 Å². The molecular weight excluding hydrogens is 190 g/mol. The summed E-state index contributed by atoms with van der Waals surface area (Å²) in [6.45, 7) is 9.78. The summed E-state index contributed by atoms with van der Waals surface area (Å²) < 4.78 is 4.68. The predicted molar refractivity (Wildman–Crippen MR) is 62.7 cm³/mol. The van der Waals surface area contributed by atoms with Crippen LogP contribution in [-0.2, 0) is 9.53 Å². The third-order valence-electron chi connectivity index (χ3n) is 2.40. The van der Waals surface area contributed by atoms with Crippen LogP contribution in [0.25, 0.3) is 0 Å². The van der Waals surface area contributed by atoms with Gasteiger partial charge in [0.1, 0.15) is 0 Å². The van der Waals surface area contributed by atoms with Crippen molar-refractivity contribution in [2.24, 2.45) is 5.92 Å². The number of carbonyl (C=O) groups excluding carboxylic acids is 1. The average molecular weight is 213 g/mol. The van der Waals surface area contributed by atoms with Crippen LogP contribution < -0.4 is 5.32 Å². The van der Waals surface area contributed by atoms with Gasteiger partial charge in [-0.15, -0.1) is 6.58 Å². The lowest BCUT2D eigenvalue weighted by Gasteiger charge is -2.21. The molecule has 0 heterocycles. The van der Waals surface area contributed by atoms with Crippen LogP contribution >= 0.6 is 0 Å². The predicted octanol–water partition coefficient (Wildman–Crippen LogP) is 2.13. The van der Waals surface area contributed by atoms with E-state index in [9.17, 15) is 4.79 Å². The fourth-order valence-electron chi connectivity index (χ4n) is 1.70. The molecule has 0 fully saturated rings. The van der Waals surface area contributed by atoms with Crippen molar-refractivity contribution in [1.29, 1.82) is 0 Å². The molecule has 3 atom stereocenters. The maximum Gasteiger partial charge on any atom is 0.308 e. The molecule has 3 heteroatoms. The van der Waals surface area contributed by atoms with Gasteiger partial charge in [0.25, 0.3) is 0 Å². The molecule has 0 aromatic heterocycles. The van der Waals surface area contributed by atoms with Gasteiger partial charge in [-0.3, -0.25) is 4.79 Å². The number of ether oxygens (including phenoxy) is 1. The number of methoxy groups -OCH3 is 1. The molecule has 0 aliphatic rings. The van der Waals surface area contributed by atoms with Gasteiger partial charge in [0.15, 0.2) is 0 Å². The Bertz CT molecular complexity index is 204. The van der Waals surface area contributed by atoms with Crippen LogP contribution in [0, 0.1) is 5.92 Å². The highest BCUT2D eigenvalue weighted by molar-refractivity contribution is 5.71. The Labute approximate surface area is 92.9 Å². The van der Waals surface area contributed by atoms with Crippen LogP contribution in [0.4, 0.5) is 0 Å². The quantitative estimate of drug-likeness (QED) is 0.520. The monoisotopic (exact) mass is 213 g/mol. The Kier molecular flexibility index (Phi) is 7.05. The van der Waals surface area contributed by atoms with Crippen LogP contribution in [0.1, 0.15) is 33.6 Å². The molecule has 0 rings (SSSR count). The molecule has 15 heavy (non-hydrogen) atoms. The van der Waals surface area contributed by atoms with E-state index in [1.54, 1.807) is 0 Å². The molecule has 88 valence electrons. The molecule has 0 saturated carbocycles. The van der Waals surface area contributed by atoms with Crippen molar-refractivity contribution < 1.29 is 9.53 Å². The van der Waals surface area contributed by atoms with Crippen LogP contribution in [-0.4, -0.2) is 25.2 Å². The van der Waals surface area contributed by atoms with E-state index < -0.39 is 0 Å². The number of carbonyl (C=O) groups is 1. The lowest BCUT2D eigenvalue weighted by atomic mass is 10.0. The van der Waals surface area contributed by atoms with Crippen LogP contribution in [0.15, 0.2) is 12.7 Å². The Morgan fingerprint density at radius 1 is 1.40 bits per heavy atom. The molecule has 0 bridgehead atoms. The summed E-state index contributed by atoms with van der Waals surface area (Å²) in [7, 11) is 1.43. The average Bonchev–Trinajstić information content (AvgIpc) is 2.16. The topological polar surface area (TPSA) is 38.3 Å². The summed E-state index contributed by atoms with van der Waals surface area (Å²) in [5.41, 5.74) is 0. The van der Waals surface area contributed by atoms with Gasteiger partial charge in [-0.2, -0.15) is 0 Å².